The predicted molar refractivity (Wildman–Crippen MR) is 132 cm³/mol. The molecule has 2 rings (SSSR count). The van der Waals surface area contributed by atoms with E-state index in [1.165, 1.54) is 55.3 Å². The zero-order valence-corrected chi connectivity index (χ0v) is 19.9. The van der Waals surface area contributed by atoms with E-state index in [1.54, 1.807) is 0 Å². The van der Waals surface area contributed by atoms with Crippen LogP contribution < -0.4 is 10.4 Å². The van der Waals surface area contributed by atoms with Crippen LogP contribution in [0.3, 0.4) is 0 Å². The lowest BCUT2D eigenvalue weighted by molar-refractivity contribution is 0.186. The summed E-state index contributed by atoms with van der Waals surface area (Å²) in [7, 11) is -2.72. The fourth-order valence-corrected chi connectivity index (χ4v) is 6.96. The summed E-state index contributed by atoms with van der Waals surface area (Å²) in [6, 6.07) is 21.1. The maximum absolute atomic E-state index is 6.72. The van der Waals surface area contributed by atoms with Crippen LogP contribution in [0.15, 0.2) is 73.3 Å². The lowest BCUT2D eigenvalue weighted by Crippen LogP contribution is -2.63. The van der Waals surface area contributed by atoms with Crippen molar-refractivity contribution in [3.8, 4) is 0 Å². The van der Waals surface area contributed by atoms with Crippen molar-refractivity contribution in [2.75, 3.05) is 13.2 Å². The van der Waals surface area contributed by atoms with E-state index >= 15 is 0 Å². The highest BCUT2D eigenvalue weighted by Gasteiger charge is 2.42. The number of rotatable bonds is 17. The zero-order valence-electron chi connectivity index (χ0n) is 18.9. The van der Waals surface area contributed by atoms with Crippen LogP contribution in [0.4, 0.5) is 0 Å². The van der Waals surface area contributed by atoms with Crippen molar-refractivity contribution in [1.29, 1.82) is 0 Å². The Morgan fingerprint density at radius 1 is 0.667 bits per heavy atom. The van der Waals surface area contributed by atoms with E-state index in [0.29, 0.717) is 6.61 Å². The van der Waals surface area contributed by atoms with Crippen molar-refractivity contribution >= 4 is 18.9 Å². The molecule has 0 heterocycles. The largest absolute Gasteiger partial charge is 0.407 e. The molecule has 0 aromatic heterocycles. The van der Waals surface area contributed by atoms with Crippen LogP contribution in [0.5, 0.6) is 0 Å². The number of hydrogen-bond donors (Lipinski definition) is 0. The molecule has 2 nitrogen and oxygen atoms in total. The van der Waals surface area contributed by atoms with Crippen molar-refractivity contribution in [3.63, 3.8) is 0 Å². The average molecular weight is 425 g/mol. The standard InChI is InChI=1S/C27H40O2Si/c1-3-5-7-8-9-10-11-19-25-29-30(28-24-18-6-4-2,26-20-14-12-15-21-26)27-22-16-13-17-23-27/h4,12-17,20-23H,2-3,5-11,18-19,24-25H2,1H3. The first-order valence-corrected chi connectivity index (χ1v) is 13.6. The van der Waals surface area contributed by atoms with Gasteiger partial charge in [0.1, 0.15) is 0 Å². The van der Waals surface area contributed by atoms with Crippen LogP contribution in [0.1, 0.15) is 71.1 Å². The molecule has 0 aliphatic heterocycles. The highest BCUT2D eigenvalue weighted by atomic mass is 28.4. The SMILES string of the molecule is C=CCCCO[Si](OCCCCCCCCCC)(c1ccccc1)c1ccccc1. The zero-order chi connectivity index (χ0) is 21.3. The first-order chi connectivity index (χ1) is 14.8. The minimum absolute atomic E-state index is 0.694. The van der Waals surface area contributed by atoms with Gasteiger partial charge < -0.3 is 8.85 Å². The van der Waals surface area contributed by atoms with Gasteiger partial charge in [-0.05, 0) is 29.6 Å². The molecule has 2 aromatic rings. The van der Waals surface area contributed by atoms with E-state index in [2.05, 4.69) is 74.2 Å². The van der Waals surface area contributed by atoms with Crippen LogP contribution >= 0.6 is 0 Å². The van der Waals surface area contributed by atoms with Gasteiger partial charge >= 0.3 is 8.56 Å². The van der Waals surface area contributed by atoms with Gasteiger partial charge in [0, 0.05) is 13.2 Å². The van der Waals surface area contributed by atoms with Gasteiger partial charge in [0.15, 0.2) is 0 Å². The molecule has 0 spiro atoms. The van der Waals surface area contributed by atoms with Crippen LogP contribution in [-0.2, 0) is 8.85 Å². The highest BCUT2D eigenvalue weighted by Crippen LogP contribution is 2.14. The summed E-state index contributed by atoms with van der Waals surface area (Å²) in [6.45, 7) is 7.56. The Balaban J connectivity index is 2.03. The second-order valence-corrected chi connectivity index (χ2v) is 10.9. The van der Waals surface area contributed by atoms with Gasteiger partial charge in [-0.2, -0.15) is 0 Å². The molecule has 164 valence electrons. The summed E-state index contributed by atoms with van der Waals surface area (Å²) in [4.78, 5) is 0. The summed E-state index contributed by atoms with van der Waals surface area (Å²) in [5.74, 6) is 0. The first kappa shape index (κ1) is 24.6. The van der Waals surface area contributed by atoms with Gasteiger partial charge in [0.05, 0.1) is 0 Å². The Bertz CT molecular complexity index is 632. The topological polar surface area (TPSA) is 18.5 Å². The summed E-state index contributed by atoms with van der Waals surface area (Å²) >= 11 is 0. The first-order valence-electron chi connectivity index (χ1n) is 11.8. The van der Waals surface area contributed by atoms with E-state index < -0.39 is 8.56 Å². The van der Waals surface area contributed by atoms with E-state index in [1.807, 2.05) is 6.08 Å². The van der Waals surface area contributed by atoms with Crippen LogP contribution in [0.2, 0.25) is 0 Å². The molecule has 0 N–H and O–H groups in total. The number of benzene rings is 2. The minimum atomic E-state index is -2.72. The van der Waals surface area contributed by atoms with Gasteiger partial charge in [-0.1, -0.05) is 119 Å². The summed E-state index contributed by atoms with van der Waals surface area (Å²) in [5.41, 5.74) is 0. The summed E-state index contributed by atoms with van der Waals surface area (Å²) in [6.07, 6.45) is 14.3. The molecular weight excluding hydrogens is 384 g/mol. The molecule has 0 saturated heterocycles. The molecule has 0 fully saturated rings. The van der Waals surface area contributed by atoms with Gasteiger partial charge in [-0.3, -0.25) is 0 Å². The number of allylic oxidation sites excluding steroid dienone is 1. The maximum Gasteiger partial charge on any atom is 0.407 e. The van der Waals surface area contributed by atoms with E-state index in [4.69, 9.17) is 8.85 Å². The Kier molecular flexibility index (Phi) is 12.4. The monoisotopic (exact) mass is 424 g/mol. The van der Waals surface area contributed by atoms with Crippen molar-refractivity contribution in [3.05, 3.63) is 73.3 Å². The molecule has 0 bridgehead atoms. The maximum atomic E-state index is 6.72. The van der Waals surface area contributed by atoms with Crippen molar-refractivity contribution < 1.29 is 8.85 Å². The highest BCUT2D eigenvalue weighted by molar-refractivity contribution is 6.92. The quantitative estimate of drug-likeness (QED) is 0.167. The number of hydrogen-bond acceptors (Lipinski definition) is 2. The minimum Gasteiger partial charge on any atom is -0.388 e. The fraction of sp³-hybridized carbons (Fsp3) is 0.481. The van der Waals surface area contributed by atoms with E-state index in [9.17, 15) is 0 Å². The third-order valence-electron chi connectivity index (χ3n) is 5.47. The Labute approximate surface area is 185 Å². The molecule has 0 amide bonds. The predicted octanol–water partition coefficient (Wildman–Crippen LogP) is 6.38. The lowest BCUT2D eigenvalue weighted by atomic mass is 10.1. The molecular formula is C27H40O2Si. The Hall–Kier alpha value is -1.68. The fourth-order valence-electron chi connectivity index (χ4n) is 3.75. The Morgan fingerprint density at radius 2 is 1.13 bits per heavy atom. The average Bonchev–Trinajstić information content (AvgIpc) is 2.80. The van der Waals surface area contributed by atoms with Crippen molar-refractivity contribution in [1.82, 2.24) is 0 Å². The van der Waals surface area contributed by atoms with Crippen LogP contribution in [0.25, 0.3) is 0 Å². The second kappa shape index (κ2) is 15.2. The van der Waals surface area contributed by atoms with Gasteiger partial charge in [-0.15, -0.1) is 6.58 Å². The third kappa shape index (κ3) is 8.21. The van der Waals surface area contributed by atoms with Crippen LogP contribution in [-0.4, -0.2) is 21.8 Å². The molecule has 0 saturated carbocycles. The molecule has 2 aromatic carbocycles. The lowest BCUT2D eigenvalue weighted by Gasteiger charge is -2.31. The normalized spacial score (nSPS) is 11.5. The van der Waals surface area contributed by atoms with E-state index in [-0.39, 0.29) is 0 Å². The molecule has 0 radical (unpaired) electrons. The molecule has 0 atom stereocenters. The molecule has 3 heteroatoms. The summed E-state index contributed by atoms with van der Waals surface area (Å²) < 4.78 is 13.4. The van der Waals surface area contributed by atoms with Crippen molar-refractivity contribution in [2.45, 2.75) is 71.1 Å². The Morgan fingerprint density at radius 3 is 1.63 bits per heavy atom. The smallest absolute Gasteiger partial charge is 0.388 e. The third-order valence-corrected chi connectivity index (χ3v) is 8.88. The second-order valence-electron chi connectivity index (χ2n) is 7.95. The van der Waals surface area contributed by atoms with Crippen LogP contribution in [0, 0.1) is 0 Å². The van der Waals surface area contributed by atoms with Crippen molar-refractivity contribution in [2.24, 2.45) is 0 Å². The van der Waals surface area contributed by atoms with Gasteiger partial charge in [0.25, 0.3) is 0 Å². The van der Waals surface area contributed by atoms with Gasteiger partial charge in [0.2, 0.25) is 0 Å². The van der Waals surface area contributed by atoms with E-state index in [0.717, 1.165) is 25.9 Å². The summed E-state index contributed by atoms with van der Waals surface area (Å²) in [5, 5.41) is 2.38. The van der Waals surface area contributed by atoms with Gasteiger partial charge in [-0.25, -0.2) is 0 Å². The molecule has 30 heavy (non-hydrogen) atoms. The molecule has 0 unspecified atom stereocenters. The molecule has 0 aliphatic carbocycles. The molecule has 0 aliphatic rings. The number of unbranched alkanes of at least 4 members (excludes halogenated alkanes) is 8.